The number of rotatable bonds is 1. The van der Waals surface area contributed by atoms with Crippen LogP contribution in [0.1, 0.15) is 10.4 Å². The molecule has 0 saturated heterocycles. The first-order chi connectivity index (χ1) is 7.78. The Morgan fingerprint density at radius 2 is 2.25 bits per heavy atom. The molecule has 0 aliphatic carbocycles. The molecule has 1 aliphatic rings. The first-order valence-corrected chi connectivity index (χ1v) is 6.12. The van der Waals surface area contributed by atoms with Crippen LogP contribution in [0.2, 0.25) is 5.02 Å². The largest absolute Gasteiger partial charge is 0.488 e. The standard InChI is InChI=1S/C12H9ClO2S/c13-8-1-2-11-10(4-8)12-7(6-15-11)3-9(5-14)16-12/h1-4,14H,5-6H2. The lowest BCUT2D eigenvalue weighted by Gasteiger charge is -2.17. The number of benzene rings is 1. The van der Waals surface area contributed by atoms with E-state index >= 15 is 0 Å². The first kappa shape index (κ1) is 10.1. The third-order valence-corrected chi connectivity index (χ3v) is 4.02. The van der Waals surface area contributed by atoms with Crippen LogP contribution in [0.5, 0.6) is 5.75 Å². The minimum absolute atomic E-state index is 0.0770. The molecule has 4 heteroatoms. The van der Waals surface area contributed by atoms with Gasteiger partial charge in [0.1, 0.15) is 12.4 Å². The van der Waals surface area contributed by atoms with Crippen LogP contribution in [-0.2, 0) is 13.2 Å². The zero-order valence-corrected chi connectivity index (χ0v) is 9.94. The monoisotopic (exact) mass is 252 g/mol. The molecule has 1 aliphatic heterocycles. The Balaban J connectivity index is 2.20. The van der Waals surface area contributed by atoms with Crippen LogP contribution < -0.4 is 4.74 Å². The molecule has 0 saturated carbocycles. The summed E-state index contributed by atoms with van der Waals surface area (Å²) in [6.07, 6.45) is 0. The van der Waals surface area contributed by atoms with E-state index in [0.717, 1.165) is 26.6 Å². The molecule has 2 heterocycles. The summed E-state index contributed by atoms with van der Waals surface area (Å²) in [7, 11) is 0. The molecule has 1 aromatic carbocycles. The second-order valence-corrected chi connectivity index (χ2v) is 5.23. The van der Waals surface area contributed by atoms with Crippen molar-refractivity contribution in [1.82, 2.24) is 0 Å². The summed E-state index contributed by atoms with van der Waals surface area (Å²) in [6, 6.07) is 7.61. The van der Waals surface area contributed by atoms with E-state index in [1.54, 1.807) is 11.3 Å². The highest BCUT2D eigenvalue weighted by atomic mass is 35.5. The Morgan fingerprint density at radius 3 is 3.06 bits per heavy atom. The summed E-state index contributed by atoms with van der Waals surface area (Å²) in [5, 5.41) is 9.84. The molecule has 0 amide bonds. The SMILES string of the molecule is OCc1cc2c(s1)-c1cc(Cl)ccc1OC2. The molecule has 82 valence electrons. The Morgan fingerprint density at radius 1 is 1.38 bits per heavy atom. The van der Waals surface area contributed by atoms with Crippen LogP contribution >= 0.6 is 22.9 Å². The van der Waals surface area contributed by atoms with Gasteiger partial charge in [0.15, 0.2) is 0 Å². The Bertz CT molecular complexity index is 548. The van der Waals surface area contributed by atoms with Crippen LogP contribution in [-0.4, -0.2) is 5.11 Å². The summed E-state index contributed by atoms with van der Waals surface area (Å²) >= 11 is 7.58. The molecule has 3 rings (SSSR count). The summed E-state index contributed by atoms with van der Waals surface area (Å²) in [5.41, 5.74) is 2.15. The molecule has 0 atom stereocenters. The highest BCUT2D eigenvalue weighted by Crippen LogP contribution is 2.43. The van der Waals surface area contributed by atoms with Crippen molar-refractivity contribution in [3.8, 4) is 16.2 Å². The third kappa shape index (κ3) is 1.52. The first-order valence-electron chi connectivity index (χ1n) is 4.93. The minimum Gasteiger partial charge on any atom is -0.488 e. The van der Waals surface area contributed by atoms with Crippen molar-refractivity contribution in [2.75, 3.05) is 0 Å². The van der Waals surface area contributed by atoms with Gasteiger partial charge in [0.25, 0.3) is 0 Å². The van der Waals surface area contributed by atoms with E-state index < -0.39 is 0 Å². The molecule has 2 nitrogen and oxygen atoms in total. The van der Waals surface area contributed by atoms with E-state index in [0.29, 0.717) is 11.6 Å². The lowest BCUT2D eigenvalue weighted by atomic mass is 10.1. The Labute approximate surface area is 102 Å². The van der Waals surface area contributed by atoms with Crippen molar-refractivity contribution in [2.24, 2.45) is 0 Å². The zero-order valence-electron chi connectivity index (χ0n) is 8.37. The molecule has 0 spiro atoms. The van der Waals surface area contributed by atoms with Crippen LogP contribution in [0, 0.1) is 0 Å². The van der Waals surface area contributed by atoms with E-state index in [1.807, 2.05) is 24.3 Å². The number of thiophene rings is 1. The molecule has 0 radical (unpaired) electrons. The summed E-state index contributed by atoms with van der Waals surface area (Å²) in [6.45, 7) is 0.647. The van der Waals surface area contributed by atoms with Crippen LogP contribution in [0.3, 0.4) is 0 Å². The van der Waals surface area contributed by atoms with E-state index in [2.05, 4.69) is 0 Å². The van der Waals surface area contributed by atoms with Crippen molar-refractivity contribution in [3.63, 3.8) is 0 Å². The van der Waals surface area contributed by atoms with Crippen LogP contribution in [0.4, 0.5) is 0 Å². The fourth-order valence-electron chi connectivity index (χ4n) is 1.86. The number of hydrogen-bond donors (Lipinski definition) is 1. The van der Waals surface area contributed by atoms with Gasteiger partial charge < -0.3 is 9.84 Å². The van der Waals surface area contributed by atoms with E-state index in [9.17, 15) is 0 Å². The summed E-state index contributed by atoms with van der Waals surface area (Å²) in [4.78, 5) is 2.12. The maximum Gasteiger partial charge on any atom is 0.128 e. The average Bonchev–Trinajstić information content (AvgIpc) is 2.72. The van der Waals surface area contributed by atoms with Gasteiger partial charge in [-0.05, 0) is 24.3 Å². The Kier molecular flexibility index (Phi) is 2.39. The van der Waals surface area contributed by atoms with Gasteiger partial charge in [-0.15, -0.1) is 11.3 Å². The van der Waals surface area contributed by atoms with Crippen LogP contribution in [0.25, 0.3) is 10.4 Å². The van der Waals surface area contributed by atoms with Gasteiger partial charge in [-0.2, -0.15) is 0 Å². The van der Waals surface area contributed by atoms with Gasteiger partial charge in [0, 0.05) is 25.9 Å². The number of aliphatic hydroxyl groups excluding tert-OH is 1. The fraction of sp³-hybridized carbons (Fsp3) is 0.167. The second kappa shape index (κ2) is 3.77. The van der Waals surface area contributed by atoms with Gasteiger partial charge in [-0.1, -0.05) is 11.6 Å². The smallest absolute Gasteiger partial charge is 0.128 e. The van der Waals surface area contributed by atoms with Gasteiger partial charge in [0.2, 0.25) is 0 Å². The molecule has 1 aromatic heterocycles. The molecular weight excluding hydrogens is 244 g/mol. The molecule has 0 unspecified atom stereocenters. The molecule has 2 aromatic rings. The van der Waals surface area contributed by atoms with Crippen molar-refractivity contribution >= 4 is 22.9 Å². The summed E-state index contributed by atoms with van der Waals surface area (Å²) < 4.78 is 5.63. The number of hydrogen-bond acceptors (Lipinski definition) is 3. The predicted octanol–water partition coefficient (Wildman–Crippen LogP) is 3.45. The van der Waals surface area contributed by atoms with Crippen molar-refractivity contribution in [1.29, 1.82) is 0 Å². The number of fused-ring (bicyclic) bond motifs is 3. The number of halogens is 1. The Hall–Kier alpha value is -1.03. The maximum absolute atomic E-state index is 9.13. The molecule has 16 heavy (non-hydrogen) atoms. The second-order valence-electron chi connectivity index (χ2n) is 3.65. The van der Waals surface area contributed by atoms with Gasteiger partial charge in [0.05, 0.1) is 6.61 Å². The molecule has 1 N–H and O–H groups in total. The van der Waals surface area contributed by atoms with Gasteiger partial charge in [-0.3, -0.25) is 0 Å². The van der Waals surface area contributed by atoms with Gasteiger partial charge >= 0.3 is 0 Å². The highest BCUT2D eigenvalue weighted by molar-refractivity contribution is 7.15. The molecule has 0 fully saturated rings. The highest BCUT2D eigenvalue weighted by Gasteiger charge is 2.20. The quantitative estimate of drug-likeness (QED) is 0.842. The normalized spacial score (nSPS) is 12.9. The lowest BCUT2D eigenvalue weighted by molar-refractivity contribution is 0.284. The number of aliphatic hydroxyl groups is 1. The zero-order chi connectivity index (χ0) is 11.1. The predicted molar refractivity (Wildman–Crippen MR) is 65.0 cm³/mol. The molecular formula is C12H9ClO2S. The summed E-state index contributed by atoms with van der Waals surface area (Å²) in [5.74, 6) is 0.864. The molecule has 0 bridgehead atoms. The lowest BCUT2D eigenvalue weighted by Crippen LogP contribution is -2.02. The number of ether oxygens (including phenoxy) is 1. The average molecular weight is 253 g/mol. The van der Waals surface area contributed by atoms with Crippen LogP contribution in [0.15, 0.2) is 24.3 Å². The van der Waals surface area contributed by atoms with Crippen molar-refractivity contribution in [3.05, 3.63) is 39.7 Å². The van der Waals surface area contributed by atoms with Crippen molar-refractivity contribution < 1.29 is 9.84 Å². The van der Waals surface area contributed by atoms with Gasteiger partial charge in [-0.25, -0.2) is 0 Å². The van der Waals surface area contributed by atoms with E-state index in [-0.39, 0.29) is 6.61 Å². The van der Waals surface area contributed by atoms with Crippen molar-refractivity contribution in [2.45, 2.75) is 13.2 Å². The van der Waals surface area contributed by atoms with E-state index in [4.69, 9.17) is 21.4 Å². The van der Waals surface area contributed by atoms with E-state index in [1.165, 1.54) is 0 Å². The minimum atomic E-state index is 0.0770. The maximum atomic E-state index is 9.13. The fourth-order valence-corrected chi connectivity index (χ4v) is 3.08. The third-order valence-electron chi connectivity index (χ3n) is 2.59. The topological polar surface area (TPSA) is 29.5 Å².